The van der Waals surface area contributed by atoms with Crippen LogP contribution < -0.4 is 0 Å². The minimum Gasteiger partial charge on any atom is -0.478 e. The smallest absolute Gasteiger partial charge is 0.339 e. The van der Waals surface area contributed by atoms with Crippen molar-refractivity contribution in [1.29, 1.82) is 0 Å². The molecule has 4 rings (SSSR count). The Hall–Kier alpha value is -3.42. The van der Waals surface area contributed by atoms with Crippen molar-refractivity contribution in [1.82, 2.24) is 19.8 Å². The van der Waals surface area contributed by atoms with Crippen molar-refractivity contribution in [3.05, 3.63) is 59.1 Å². The molecule has 1 fully saturated rings. The number of hydrogen-bond donors (Lipinski definition) is 1. The van der Waals surface area contributed by atoms with E-state index in [4.69, 9.17) is 4.52 Å². The number of likely N-dealkylation sites (tertiary alicyclic amines) is 1. The Kier molecular flexibility index (Phi) is 4.92. The second kappa shape index (κ2) is 7.54. The highest BCUT2D eigenvalue weighted by molar-refractivity contribution is 6.00. The number of nitrogens with zero attached hydrogens (tertiary/aromatic N) is 4. The van der Waals surface area contributed by atoms with Crippen molar-refractivity contribution >= 4 is 11.9 Å². The van der Waals surface area contributed by atoms with E-state index in [1.54, 1.807) is 23.4 Å². The lowest BCUT2D eigenvalue weighted by atomic mass is 10.0. The molecule has 8 nitrogen and oxygen atoms in total. The number of carbonyl (C=O) groups excluding carboxylic acids is 1. The molecule has 1 aliphatic heterocycles. The molecule has 29 heavy (non-hydrogen) atoms. The molecule has 0 radical (unpaired) electrons. The average Bonchev–Trinajstić information content (AvgIpc) is 3.31. The maximum absolute atomic E-state index is 13.2. The maximum Gasteiger partial charge on any atom is 0.339 e. The summed E-state index contributed by atoms with van der Waals surface area (Å²) in [5.74, 6) is -0.563. The Morgan fingerprint density at radius 3 is 2.45 bits per heavy atom. The van der Waals surface area contributed by atoms with Crippen LogP contribution >= 0.6 is 0 Å². The lowest BCUT2D eigenvalue weighted by Gasteiger charge is -2.32. The molecule has 1 amide bonds. The minimum atomic E-state index is -0.974. The summed E-state index contributed by atoms with van der Waals surface area (Å²) in [6, 6.07) is 9.59. The zero-order valence-corrected chi connectivity index (χ0v) is 16.3. The van der Waals surface area contributed by atoms with Crippen LogP contribution in [-0.2, 0) is 0 Å². The van der Waals surface area contributed by atoms with Crippen LogP contribution in [0.4, 0.5) is 0 Å². The van der Waals surface area contributed by atoms with Crippen LogP contribution in [0.25, 0.3) is 11.3 Å². The van der Waals surface area contributed by atoms with Crippen molar-refractivity contribution in [2.45, 2.75) is 32.7 Å². The minimum absolute atomic E-state index is 0.0734. The predicted octanol–water partition coefficient (Wildman–Crippen LogP) is 3.33. The summed E-state index contributed by atoms with van der Waals surface area (Å²) >= 11 is 0. The van der Waals surface area contributed by atoms with Gasteiger partial charge >= 0.3 is 5.97 Å². The predicted molar refractivity (Wildman–Crippen MR) is 105 cm³/mol. The fourth-order valence-electron chi connectivity index (χ4n) is 3.89. The van der Waals surface area contributed by atoms with Crippen LogP contribution in [0.15, 0.2) is 41.1 Å². The Bertz CT molecular complexity index is 1050. The van der Waals surface area contributed by atoms with Crippen LogP contribution in [0.5, 0.6) is 0 Å². The SMILES string of the molecule is Cc1onc(-c2ccccc2)c1C(=O)N1CCC(n2ncc(C(=O)O)c2C)CC1. The molecular formula is C21H22N4O4. The monoisotopic (exact) mass is 394 g/mol. The van der Waals surface area contributed by atoms with Gasteiger partial charge in [0.15, 0.2) is 0 Å². The number of aromatic nitrogens is 3. The number of rotatable bonds is 4. The summed E-state index contributed by atoms with van der Waals surface area (Å²) in [5.41, 5.74) is 2.76. The summed E-state index contributed by atoms with van der Waals surface area (Å²) in [4.78, 5) is 26.3. The first-order chi connectivity index (χ1) is 14.0. The van der Waals surface area contributed by atoms with Gasteiger partial charge in [0.1, 0.15) is 22.6 Å². The van der Waals surface area contributed by atoms with Gasteiger partial charge in [-0.25, -0.2) is 4.79 Å². The maximum atomic E-state index is 13.2. The molecule has 0 bridgehead atoms. The zero-order valence-electron chi connectivity index (χ0n) is 16.3. The largest absolute Gasteiger partial charge is 0.478 e. The summed E-state index contributed by atoms with van der Waals surface area (Å²) in [7, 11) is 0. The van der Waals surface area contributed by atoms with Crippen LogP contribution in [0.2, 0.25) is 0 Å². The molecule has 150 valence electrons. The fraction of sp³-hybridized carbons (Fsp3) is 0.333. The Morgan fingerprint density at radius 1 is 1.14 bits per heavy atom. The van der Waals surface area contributed by atoms with Crippen LogP contribution in [0, 0.1) is 13.8 Å². The van der Waals surface area contributed by atoms with Crippen LogP contribution in [0.1, 0.15) is 51.1 Å². The number of hydrogen-bond acceptors (Lipinski definition) is 5. The van der Waals surface area contributed by atoms with E-state index in [1.165, 1.54) is 6.20 Å². The van der Waals surface area contributed by atoms with Gasteiger partial charge in [0.25, 0.3) is 5.91 Å². The van der Waals surface area contributed by atoms with Gasteiger partial charge in [-0.15, -0.1) is 0 Å². The Balaban J connectivity index is 1.51. The van der Waals surface area contributed by atoms with Gasteiger partial charge < -0.3 is 14.5 Å². The van der Waals surface area contributed by atoms with Gasteiger partial charge in [-0.2, -0.15) is 5.10 Å². The van der Waals surface area contributed by atoms with E-state index in [1.807, 2.05) is 30.3 Å². The molecule has 0 unspecified atom stereocenters. The Morgan fingerprint density at radius 2 is 1.83 bits per heavy atom. The first-order valence-electron chi connectivity index (χ1n) is 9.55. The number of carboxylic acids is 1. The van der Waals surface area contributed by atoms with Gasteiger partial charge in [-0.1, -0.05) is 35.5 Å². The third kappa shape index (κ3) is 3.41. The van der Waals surface area contributed by atoms with Crippen molar-refractivity contribution in [3.63, 3.8) is 0 Å². The van der Waals surface area contributed by atoms with Gasteiger partial charge in [-0.3, -0.25) is 9.48 Å². The van der Waals surface area contributed by atoms with E-state index >= 15 is 0 Å². The van der Waals surface area contributed by atoms with E-state index in [2.05, 4.69) is 10.3 Å². The zero-order chi connectivity index (χ0) is 20.5. The number of amides is 1. The number of carbonyl (C=O) groups is 2. The van der Waals surface area contributed by atoms with Gasteiger partial charge in [0.05, 0.1) is 17.9 Å². The second-order valence-corrected chi connectivity index (χ2v) is 7.25. The molecule has 0 aliphatic carbocycles. The van der Waals surface area contributed by atoms with E-state index in [0.29, 0.717) is 48.6 Å². The van der Waals surface area contributed by atoms with Gasteiger partial charge in [0, 0.05) is 18.7 Å². The lowest BCUT2D eigenvalue weighted by molar-refractivity contribution is 0.0687. The number of piperidine rings is 1. The third-order valence-corrected chi connectivity index (χ3v) is 5.50. The standard InChI is InChI=1S/C21H22N4O4/c1-13-17(21(27)28)12-22-25(13)16-8-10-24(11-9-16)20(26)18-14(2)29-23-19(18)15-6-4-3-5-7-15/h3-7,12,16H,8-11H2,1-2H3,(H,27,28). The highest BCUT2D eigenvalue weighted by atomic mass is 16.5. The number of carboxylic acid groups (broad SMARTS) is 1. The molecule has 1 N–H and O–H groups in total. The molecule has 1 aromatic carbocycles. The topological polar surface area (TPSA) is 101 Å². The van der Waals surface area contributed by atoms with E-state index in [0.717, 1.165) is 5.56 Å². The van der Waals surface area contributed by atoms with Crippen molar-refractivity contribution in [2.75, 3.05) is 13.1 Å². The lowest BCUT2D eigenvalue weighted by Crippen LogP contribution is -2.39. The van der Waals surface area contributed by atoms with Crippen molar-refractivity contribution < 1.29 is 19.2 Å². The van der Waals surface area contributed by atoms with E-state index < -0.39 is 5.97 Å². The van der Waals surface area contributed by atoms with E-state index in [9.17, 15) is 14.7 Å². The number of aromatic carboxylic acids is 1. The summed E-state index contributed by atoms with van der Waals surface area (Å²) < 4.78 is 7.10. The second-order valence-electron chi connectivity index (χ2n) is 7.25. The summed E-state index contributed by atoms with van der Waals surface area (Å²) in [5, 5.41) is 17.6. The molecule has 0 saturated carbocycles. The molecule has 2 aromatic heterocycles. The molecule has 1 saturated heterocycles. The fourth-order valence-corrected chi connectivity index (χ4v) is 3.89. The third-order valence-electron chi connectivity index (χ3n) is 5.50. The molecule has 1 aliphatic rings. The normalized spacial score (nSPS) is 14.9. The van der Waals surface area contributed by atoms with E-state index in [-0.39, 0.29) is 17.5 Å². The molecule has 8 heteroatoms. The molecule has 0 spiro atoms. The van der Waals surface area contributed by atoms with Crippen LogP contribution in [0.3, 0.4) is 0 Å². The highest BCUT2D eigenvalue weighted by Gasteiger charge is 2.30. The summed E-state index contributed by atoms with van der Waals surface area (Å²) in [6.07, 6.45) is 2.80. The summed E-state index contributed by atoms with van der Waals surface area (Å²) in [6.45, 7) is 4.63. The molecule has 0 atom stereocenters. The molecule has 3 heterocycles. The number of benzene rings is 1. The first-order valence-corrected chi connectivity index (χ1v) is 9.55. The molecular weight excluding hydrogens is 372 g/mol. The first kappa shape index (κ1) is 18.9. The highest BCUT2D eigenvalue weighted by Crippen LogP contribution is 2.29. The van der Waals surface area contributed by atoms with Gasteiger partial charge in [-0.05, 0) is 26.7 Å². The quantitative estimate of drug-likeness (QED) is 0.728. The number of aryl methyl sites for hydroxylation is 1. The van der Waals surface area contributed by atoms with Crippen LogP contribution in [-0.4, -0.2) is 49.9 Å². The average molecular weight is 394 g/mol. The Labute approximate surface area is 167 Å². The van der Waals surface area contributed by atoms with Crippen molar-refractivity contribution in [3.8, 4) is 11.3 Å². The van der Waals surface area contributed by atoms with Crippen molar-refractivity contribution in [2.24, 2.45) is 0 Å². The van der Waals surface area contributed by atoms with Gasteiger partial charge in [0.2, 0.25) is 0 Å². The molecule has 3 aromatic rings.